The van der Waals surface area contributed by atoms with Crippen molar-refractivity contribution in [1.82, 2.24) is 5.32 Å². The molecular weight excluding hydrogens is 126 g/mol. The summed E-state index contributed by atoms with van der Waals surface area (Å²) in [4.78, 5) is 0. The van der Waals surface area contributed by atoms with Crippen LogP contribution < -0.4 is 5.32 Å². The number of aliphatic hydroxyl groups excluding tert-OH is 1. The Morgan fingerprint density at radius 3 is 2.80 bits per heavy atom. The largest absolute Gasteiger partial charge is 0.516 e. The fourth-order valence-corrected chi connectivity index (χ4v) is 0.738. The quantitative estimate of drug-likeness (QED) is 0.439. The van der Waals surface area contributed by atoms with Crippen LogP contribution in [-0.4, -0.2) is 18.2 Å². The lowest BCUT2D eigenvalue weighted by Crippen LogP contribution is -2.14. The minimum absolute atomic E-state index is 0.778. The van der Waals surface area contributed by atoms with Crippen LogP contribution in [0.25, 0.3) is 0 Å². The maximum absolute atomic E-state index is 8.25. The summed E-state index contributed by atoms with van der Waals surface area (Å²) in [5.41, 5.74) is 0. The summed E-state index contributed by atoms with van der Waals surface area (Å²) in [5.74, 6) is 0. The molecule has 0 radical (unpaired) electrons. The molecule has 0 saturated carbocycles. The number of nitrogens with one attached hydrogen (secondary N) is 1. The van der Waals surface area contributed by atoms with E-state index >= 15 is 0 Å². The van der Waals surface area contributed by atoms with Gasteiger partial charge in [0.15, 0.2) is 0 Å². The minimum atomic E-state index is 0.778. The van der Waals surface area contributed by atoms with E-state index < -0.39 is 0 Å². The maximum atomic E-state index is 8.25. The number of hydrogen-bond acceptors (Lipinski definition) is 2. The molecule has 0 fully saturated rings. The summed E-state index contributed by atoms with van der Waals surface area (Å²) in [6.07, 6.45) is 6.56. The first-order chi connectivity index (χ1) is 4.91. The lowest BCUT2D eigenvalue weighted by atomic mass is 10.2. The molecular formula is C8H17NO. The number of hydrogen-bond donors (Lipinski definition) is 2. The van der Waals surface area contributed by atoms with Gasteiger partial charge in [-0.3, -0.25) is 0 Å². The zero-order valence-electron chi connectivity index (χ0n) is 6.64. The SMILES string of the molecule is CCCCCNCC=CO. The molecule has 0 aliphatic carbocycles. The van der Waals surface area contributed by atoms with Gasteiger partial charge >= 0.3 is 0 Å². The van der Waals surface area contributed by atoms with Crippen LogP contribution in [0.4, 0.5) is 0 Å². The van der Waals surface area contributed by atoms with E-state index in [1.165, 1.54) is 19.3 Å². The first kappa shape index (κ1) is 9.50. The summed E-state index contributed by atoms with van der Waals surface area (Å²) < 4.78 is 0. The summed E-state index contributed by atoms with van der Waals surface area (Å²) in [5, 5.41) is 11.4. The van der Waals surface area contributed by atoms with Crippen LogP contribution in [0.1, 0.15) is 26.2 Å². The Morgan fingerprint density at radius 2 is 2.20 bits per heavy atom. The topological polar surface area (TPSA) is 32.3 Å². The summed E-state index contributed by atoms with van der Waals surface area (Å²) in [6.45, 7) is 4.02. The molecule has 0 unspecified atom stereocenters. The molecule has 0 saturated heterocycles. The fraction of sp³-hybridized carbons (Fsp3) is 0.750. The predicted molar refractivity (Wildman–Crippen MR) is 44.2 cm³/mol. The fourth-order valence-electron chi connectivity index (χ4n) is 0.738. The van der Waals surface area contributed by atoms with E-state index in [9.17, 15) is 0 Å². The Morgan fingerprint density at radius 1 is 1.40 bits per heavy atom. The van der Waals surface area contributed by atoms with Crippen LogP contribution in [0.15, 0.2) is 12.3 Å². The molecule has 10 heavy (non-hydrogen) atoms. The molecule has 0 aliphatic heterocycles. The highest BCUT2D eigenvalue weighted by Crippen LogP contribution is 1.90. The van der Waals surface area contributed by atoms with Gasteiger partial charge in [-0.05, 0) is 19.0 Å². The molecule has 0 heterocycles. The summed E-state index contributed by atoms with van der Waals surface area (Å²) in [7, 11) is 0. The van der Waals surface area contributed by atoms with Crippen molar-refractivity contribution in [3.8, 4) is 0 Å². The Kier molecular flexibility index (Phi) is 8.07. The van der Waals surface area contributed by atoms with Crippen molar-refractivity contribution in [3.05, 3.63) is 12.3 Å². The van der Waals surface area contributed by atoms with Gasteiger partial charge in [-0.1, -0.05) is 19.8 Å². The van der Waals surface area contributed by atoms with E-state index in [1.54, 1.807) is 6.08 Å². The highest BCUT2D eigenvalue weighted by Gasteiger charge is 1.83. The van der Waals surface area contributed by atoms with E-state index in [4.69, 9.17) is 5.11 Å². The molecule has 0 rings (SSSR count). The van der Waals surface area contributed by atoms with Crippen molar-refractivity contribution >= 4 is 0 Å². The van der Waals surface area contributed by atoms with E-state index in [-0.39, 0.29) is 0 Å². The third-order valence-corrected chi connectivity index (χ3v) is 1.32. The van der Waals surface area contributed by atoms with Crippen molar-refractivity contribution in [2.75, 3.05) is 13.1 Å². The van der Waals surface area contributed by atoms with E-state index in [1.807, 2.05) is 0 Å². The molecule has 0 bridgehead atoms. The highest BCUT2D eigenvalue weighted by molar-refractivity contribution is 4.73. The third-order valence-electron chi connectivity index (χ3n) is 1.32. The Hall–Kier alpha value is -0.500. The highest BCUT2D eigenvalue weighted by atomic mass is 16.2. The van der Waals surface area contributed by atoms with Crippen molar-refractivity contribution in [2.45, 2.75) is 26.2 Å². The average molecular weight is 143 g/mol. The van der Waals surface area contributed by atoms with Crippen LogP contribution in [0, 0.1) is 0 Å². The van der Waals surface area contributed by atoms with E-state index in [0.717, 1.165) is 19.4 Å². The van der Waals surface area contributed by atoms with Crippen molar-refractivity contribution in [3.63, 3.8) is 0 Å². The lowest BCUT2D eigenvalue weighted by Gasteiger charge is -1.98. The molecule has 2 N–H and O–H groups in total. The van der Waals surface area contributed by atoms with Gasteiger partial charge in [0.2, 0.25) is 0 Å². The van der Waals surface area contributed by atoms with Gasteiger partial charge in [0.1, 0.15) is 0 Å². The van der Waals surface area contributed by atoms with Gasteiger partial charge < -0.3 is 10.4 Å². The zero-order valence-corrected chi connectivity index (χ0v) is 6.64. The number of unbranched alkanes of at least 4 members (excludes halogenated alkanes) is 2. The van der Waals surface area contributed by atoms with Crippen LogP contribution in [0.3, 0.4) is 0 Å². The smallest absolute Gasteiger partial charge is 0.0764 e. The minimum Gasteiger partial charge on any atom is -0.516 e. The third kappa shape index (κ3) is 7.50. The normalized spacial score (nSPS) is 10.9. The van der Waals surface area contributed by atoms with Gasteiger partial charge in [-0.15, -0.1) is 0 Å². The molecule has 0 aromatic rings. The first-order valence-electron chi connectivity index (χ1n) is 3.91. The first-order valence-corrected chi connectivity index (χ1v) is 3.91. The van der Waals surface area contributed by atoms with Crippen LogP contribution in [0.2, 0.25) is 0 Å². The standard InChI is InChI=1S/C8H17NO/c1-2-3-4-6-9-7-5-8-10/h5,8-10H,2-4,6-7H2,1H3. The van der Waals surface area contributed by atoms with E-state index in [2.05, 4.69) is 12.2 Å². The van der Waals surface area contributed by atoms with Crippen LogP contribution in [0.5, 0.6) is 0 Å². The molecule has 0 spiro atoms. The van der Waals surface area contributed by atoms with Gasteiger partial charge in [0, 0.05) is 6.54 Å². The number of rotatable bonds is 6. The Bertz CT molecular complexity index is 81.3. The molecule has 0 atom stereocenters. The van der Waals surface area contributed by atoms with Crippen molar-refractivity contribution in [2.24, 2.45) is 0 Å². The Labute approximate surface area is 62.9 Å². The second-order valence-corrected chi connectivity index (χ2v) is 2.30. The second kappa shape index (κ2) is 8.50. The molecule has 0 amide bonds. The molecule has 0 aliphatic rings. The summed E-state index contributed by atoms with van der Waals surface area (Å²) in [6, 6.07) is 0. The molecule has 2 nitrogen and oxygen atoms in total. The Balaban J connectivity index is 2.77. The molecule has 0 aromatic carbocycles. The second-order valence-electron chi connectivity index (χ2n) is 2.30. The molecule has 2 heteroatoms. The van der Waals surface area contributed by atoms with E-state index in [0.29, 0.717) is 0 Å². The van der Waals surface area contributed by atoms with Gasteiger partial charge in [-0.2, -0.15) is 0 Å². The lowest BCUT2D eigenvalue weighted by molar-refractivity contribution is 0.470. The van der Waals surface area contributed by atoms with Gasteiger partial charge in [-0.25, -0.2) is 0 Å². The maximum Gasteiger partial charge on any atom is 0.0764 e. The monoisotopic (exact) mass is 143 g/mol. The predicted octanol–water partition coefficient (Wildman–Crippen LogP) is 1.84. The van der Waals surface area contributed by atoms with Crippen molar-refractivity contribution < 1.29 is 5.11 Å². The summed E-state index contributed by atoms with van der Waals surface area (Å²) >= 11 is 0. The van der Waals surface area contributed by atoms with Gasteiger partial charge in [0.05, 0.1) is 6.26 Å². The van der Waals surface area contributed by atoms with Gasteiger partial charge in [0.25, 0.3) is 0 Å². The van der Waals surface area contributed by atoms with Crippen LogP contribution >= 0.6 is 0 Å². The zero-order chi connectivity index (χ0) is 7.66. The number of aliphatic hydroxyl groups is 1. The molecule has 0 aromatic heterocycles. The average Bonchev–Trinajstić information content (AvgIpc) is 1.97. The van der Waals surface area contributed by atoms with Crippen molar-refractivity contribution in [1.29, 1.82) is 0 Å². The molecule has 60 valence electrons. The van der Waals surface area contributed by atoms with Crippen LogP contribution in [-0.2, 0) is 0 Å².